The fraction of sp³-hybridized carbons (Fsp3) is 0.615. The summed E-state index contributed by atoms with van der Waals surface area (Å²) in [6.07, 6.45) is 0.998. The summed E-state index contributed by atoms with van der Waals surface area (Å²) in [5.74, 6) is 0.133. The summed E-state index contributed by atoms with van der Waals surface area (Å²) in [5, 5.41) is 4.73. The van der Waals surface area contributed by atoms with Crippen LogP contribution in [-0.2, 0) is 9.53 Å². The number of carbonyl (C=O) groups is 2. The second kappa shape index (κ2) is 6.81. The second-order valence-corrected chi connectivity index (χ2v) is 5.65. The third kappa shape index (κ3) is 3.77. The van der Waals surface area contributed by atoms with Gasteiger partial charge in [-0.1, -0.05) is 0 Å². The number of aromatic nitrogens is 1. The van der Waals surface area contributed by atoms with Crippen molar-refractivity contribution in [2.75, 3.05) is 31.6 Å². The van der Waals surface area contributed by atoms with Gasteiger partial charge >= 0.3 is 0 Å². The van der Waals surface area contributed by atoms with E-state index in [0.717, 1.165) is 19.6 Å². The zero-order valence-corrected chi connectivity index (χ0v) is 12.5. The molecule has 1 atom stereocenters. The first-order valence-corrected chi connectivity index (χ1v) is 7.58. The van der Waals surface area contributed by atoms with Crippen LogP contribution in [0.2, 0.25) is 0 Å². The predicted molar refractivity (Wildman–Crippen MR) is 76.9 cm³/mol. The molecule has 2 amide bonds. The first kappa shape index (κ1) is 14.9. The third-order valence-electron chi connectivity index (χ3n) is 3.18. The van der Waals surface area contributed by atoms with Gasteiger partial charge in [0.15, 0.2) is 5.13 Å². The monoisotopic (exact) mass is 297 g/mol. The number of thiazole rings is 1. The van der Waals surface area contributed by atoms with Crippen molar-refractivity contribution in [3.63, 3.8) is 0 Å². The molecule has 110 valence electrons. The van der Waals surface area contributed by atoms with Crippen molar-refractivity contribution in [3.8, 4) is 0 Å². The average Bonchev–Trinajstić information content (AvgIpc) is 3.05. The van der Waals surface area contributed by atoms with Crippen LogP contribution in [0.3, 0.4) is 0 Å². The minimum atomic E-state index is -0.186. The Hall–Kier alpha value is -1.47. The highest BCUT2D eigenvalue weighted by molar-refractivity contribution is 7.14. The van der Waals surface area contributed by atoms with Crippen LogP contribution in [0, 0.1) is 5.92 Å². The van der Waals surface area contributed by atoms with Gasteiger partial charge in [-0.15, -0.1) is 11.3 Å². The van der Waals surface area contributed by atoms with Gasteiger partial charge in [0.1, 0.15) is 5.69 Å². The highest BCUT2D eigenvalue weighted by Crippen LogP contribution is 2.19. The zero-order chi connectivity index (χ0) is 14.5. The van der Waals surface area contributed by atoms with E-state index >= 15 is 0 Å². The molecule has 1 aromatic rings. The molecule has 1 saturated heterocycles. The fourth-order valence-corrected chi connectivity index (χ4v) is 2.87. The summed E-state index contributed by atoms with van der Waals surface area (Å²) in [7, 11) is 0. The molecule has 0 bridgehead atoms. The maximum Gasteiger partial charge on any atom is 0.273 e. The lowest BCUT2D eigenvalue weighted by molar-refractivity contribution is -0.114. The van der Waals surface area contributed by atoms with Crippen LogP contribution in [0.5, 0.6) is 0 Å². The van der Waals surface area contributed by atoms with Gasteiger partial charge in [-0.2, -0.15) is 0 Å². The molecule has 7 heteroatoms. The lowest BCUT2D eigenvalue weighted by Gasteiger charge is -2.22. The molecule has 1 N–H and O–H groups in total. The second-order valence-electron chi connectivity index (χ2n) is 4.79. The van der Waals surface area contributed by atoms with E-state index in [-0.39, 0.29) is 11.8 Å². The van der Waals surface area contributed by atoms with Crippen LogP contribution >= 0.6 is 11.3 Å². The molecule has 0 saturated carbocycles. The summed E-state index contributed by atoms with van der Waals surface area (Å²) in [6, 6.07) is 0. The van der Waals surface area contributed by atoms with Gasteiger partial charge < -0.3 is 15.0 Å². The molecule has 1 aromatic heterocycles. The maximum atomic E-state index is 12.4. The molecular weight excluding hydrogens is 278 g/mol. The van der Waals surface area contributed by atoms with Crippen LogP contribution in [0.4, 0.5) is 5.13 Å². The van der Waals surface area contributed by atoms with Crippen molar-refractivity contribution in [1.82, 2.24) is 9.88 Å². The quantitative estimate of drug-likeness (QED) is 0.896. The lowest BCUT2D eigenvalue weighted by Crippen LogP contribution is -2.35. The number of hydrogen-bond acceptors (Lipinski definition) is 5. The fourth-order valence-electron chi connectivity index (χ4n) is 2.14. The Morgan fingerprint density at radius 1 is 1.60 bits per heavy atom. The third-order valence-corrected chi connectivity index (χ3v) is 3.94. The Labute approximate surface area is 122 Å². The van der Waals surface area contributed by atoms with Crippen molar-refractivity contribution >= 4 is 28.3 Å². The van der Waals surface area contributed by atoms with Crippen molar-refractivity contribution in [3.05, 3.63) is 11.1 Å². The average molecular weight is 297 g/mol. The molecule has 1 fully saturated rings. The lowest BCUT2D eigenvalue weighted by atomic mass is 10.1. The van der Waals surface area contributed by atoms with Crippen molar-refractivity contribution < 1.29 is 14.3 Å². The first-order valence-electron chi connectivity index (χ1n) is 6.70. The number of nitrogens with zero attached hydrogens (tertiary/aromatic N) is 2. The number of hydrogen-bond donors (Lipinski definition) is 1. The summed E-state index contributed by atoms with van der Waals surface area (Å²) in [6.45, 7) is 6.21. The predicted octanol–water partition coefficient (Wildman–Crippen LogP) is 1.60. The summed E-state index contributed by atoms with van der Waals surface area (Å²) in [4.78, 5) is 29.3. The molecule has 6 nitrogen and oxygen atoms in total. The van der Waals surface area contributed by atoms with Crippen molar-refractivity contribution in [1.29, 1.82) is 0 Å². The van der Waals surface area contributed by atoms with E-state index in [2.05, 4.69) is 10.3 Å². The molecule has 0 aliphatic carbocycles. The van der Waals surface area contributed by atoms with E-state index in [4.69, 9.17) is 4.74 Å². The largest absolute Gasteiger partial charge is 0.381 e. The highest BCUT2D eigenvalue weighted by atomic mass is 32.1. The van der Waals surface area contributed by atoms with Crippen molar-refractivity contribution in [2.24, 2.45) is 5.92 Å². The normalized spacial score (nSPS) is 18.0. The molecule has 1 aliphatic heterocycles. The Balaban J connectivity index is 1.99. The van der Waals surface area contributed by atoms with Crippen LogP contribution in [-0.4, -0.2) is 48.0 Å². The van der Waals surface area contributed by atoms with Crippen LogP contribution in [0.1, 0.15) is 30.8 Å². The van der Waals surface area contributed by atoms with Crippen LogP contribution in [0.25, 0.3) is 0 Å². The standard InChI is InChI=1S/C13H19N3O3S/c1-3-16(6-10-4-5-19-7-10)12(18)11-8-20-13(15-11)14-9(2)17/h8,10H,3-7H2,1-2H3,(H,14,15,17). The first-order chi connectivity index (χ1) is 9.60. The number of amides is 2. The maximum absolute atomic E-state index is 12.4. The van der Waals surface area contributed by atoms with Gasteiger partial charge in [0, 0.05) is 37.9 Å². The number of anilines is 1. The van der Waals surface area contributed by atoms with Gasteiger partial charge in [-0.3, -0.25) is 9.59 Å². The van der Waals surface area contributed by atoms with Gasteiger partial charge in [-0.05, 0) is 13.3 Å². The highest BCUT2D eigenvalue weighted by Gasteiger charge is 2.23. The Morgan fingerprint density at radius 3 is 3.00 bits per heavy atom. The molecular formula is C13H19N3O3S. The molecule has 0 spiro atoms. The number of rotatable bonds is 5. The van der Waals surface area contributed by atoms with Gasteiger partial charge in [-0.25, -0.2) is 4.98 Å². The molecule has 0 radical (unpaired) electrons. The van der Waals surface area contributed by atoms with Gasteiger partial charge in [0.2, 0.25) is 5.91 Å². The Morgan fingerprint density at radius 2 is 2.40 bits per heavy atom. The smallest absolute Gasteiger partial charge is 0.273 e. The number of ether oxygens (including phenoxy) is 1. The molecule has 2 rings (SSSR count). The van der Waals surface area contributed by atoms with E-state index in [0.29, 0.717) is 29.8 Å². The minimum Gasteiger partial charge on any atom is -0.381 e. The molecule has 1 unspecified atom stereocenters. The number of nitrogens with one attached hydrogen (secondary N) is 1. The van der Waals surface area contributed by atoms with Crippen molar-refractivity contribution in [2.45, 2.75) is 20.3 Å². The molecule has 2 heterocycles. The summed E-state index contributed by atoms with van der Waals surface area (Å²) in [5.41, 5.74) is 0.388. The van der Waals surface area contributed by atoms with E-state index in [9.17, 15) is 9.59 Å². The molecule has 20 heavy (non-hydrogen) atoms. The Kier molecular flexibility index (Phi) is 5.08. The zero-order valence-electron chi connectivity index (χ0n) is 11.7. The molecule has 0 aromatic carbocycles. The van der Waals surface area contributed by atoms with Crippen LogP contribution < -0.4 is 5.32 Å². The van der Waals surface area contributed by atoms with E-state index in [1.807, 2.05) is 6.92 Å². The minimum absolute atomic E-state index is 0.0905. The summed E-state index contributed by atoms with van der Waals surface area (Å²) < 4.78 is 5.34. The van der Waals surface area contributed by atoms with Gasteiger partial charge in [0.25, 0.3) is 5.91 Å². The van der Waals surface area contributed by atoms with E-state index < -0.39 is 0 Å². The molecule has 1 aliphatic rings. The summed E-state index contributed by atoms with van der Waals surface area (Å²) >= 11 is 1.26. The van der Waals surface area contributed by atoms with Crippen LogP contribution in [0.15, 0.2) is 5.38 Å². The number of carbonyl (C=O) groups excluding carboxylic acids is 2. The van der Waals surface area contributed by atoms with E-state index in [1.54, 1.807) is 10.3 Å². The van der Waals surface area contributed by atoms with Gasteiger partial charge in [0.05, 0.1) is 6.61 Å². The SMILES string of the molecule is CCN(CC1CCOC1)C(=O)c1csc(NC(C)=O)n1. The topological polar surface area (TPSA) is 71.5 Å². The Bertz CT molecular complexity index is 483. The van der Waals surface area contributed by atoms with E-state index in [1.165, 1.54) is 18.3 Å².